The molecule has 1 fully saturated rings. The molecule has 3 rings (SSSR count). The second-order valence-electron chi connectivity index (χ2n) is 5.44. The predicted molar refractivity (Wildman–Crippen MR) is 72.3 cm³/mol. The maximum Gasteiger partial charge on any atom is 0.0376 e. The van der Waals surface area contributed by atoms with Gasteiger partial charge in [-0.2, -0.15) is 0 Å². The van der Waals surface area contributed by atoms with Crippen LogP contribution in [0.5, 0.6) is 0 Å². The van der Waals surface area contributed by atoms with E-state index in [4.69, 9.17) is 0 Å². The highest BCUT2D eigenvalue weighted by Gasteiger charge is 2.35. The molecule has 0 radical (unpaired) electrons. The van der Waals surface area contributed by atoms with Crippen molar-refractivity contribution in [3.8, 4) is 0 Å². The molecule has 2 heteroatoms. The Morgan fingerprint density at radius 1 is 1.41 bits per heavy atom. The van der Waals surface area contributed by atoms with Crippen molar-refractivity contribution in [1.29, 1.82) is 0 Å². The first kappa shape index (κ1) is 11.1. The second kappa shape index (κ2) is 4.69. The Labute approximate surface area is 104 Å². The quantitative estimate of drug-likeness (QED) is 0.812. The van der Waals surface area contributed by atoms with Crippen molar-refractivity contribution in [3.63, 3.8) is 0 Å². The van der Waals surface area contributed by atoms with Crippen LogP contribution in [0.2, 0.25) is 0 Å². The highest BCUT2D eigenvalue weighted by atomic mass is 15.0. The van der Waals surface area contributed by atoms with Gasteiger partial charge in [-0.15, -0.1) is 0 Å². The zero-order valence-corrected chi connectivity index (χ0v) is 10.6. The summed E-state index contributed by atoms with van der Waals surface area (Å²) < 4.78 is 0. The molecule has 2 N–H and O–H groups in total. The molecule has 2 unspecified atom stereocenters. The van der Waals surface area contributed by atoms with Crippen LogP contribution in [0.15, 0.2) is 18.2 Å². The molecule has 0 bridgehead atoms. The molecule has 1 aromatic carbocycles. The third-order valence-electron chi connectivity index (χ3n) is 4.03. The summed E-state index contributed by atoms with van der Waals surface area (Å²) in [6.07, 6.45) is 5.29. The van der Waals surface area contributed by atoms with E-state index < -0.39 is 0 Å². The molecule has 92 valence electrons. The lowest BCUT2D eigenvalue weighted by Crippen LogP contribution is -2.17. The monoisotopic (exact) mass is 230 g/mol. The standard InChI is InChI=1S/C15H22N2/c1-2-3-13-9-15(13)17-10-11-4-5-12-6-7-16-14(12)8-11/h4-5,8,13,15-17H,2-3,6-7,9-10H2,1H3. The minimum Gasteiger partial charge on any atom is -0.384 e. The molecule has 2 atom stereocenters. The summed E-state index contributed by atoms with van der Waals surface area (Å²) in [7, 11) is 0. The highest BCUT2D eigenvalue weighted by Crippen LogP contribution is 2.34. The minimum atomic E-state index is 0.788. The van der Waals surface area contributed by atoms with E-state index in [9.17, 15) is 0 Å². The smallest absolute Gasteiger partial charge is 0.0376 e. The molecule has 1 aliphatic heterocycles. The molecule has 1 aromatic rings. The van der Waals surface area contributed by atoms with Gasteiger partial charge in [0.05, 0.1) is 0 Å². The van der Waals surface area contributed by atoms with Crippen molar-refractivity contribution in [2.75, 3.05) is 11.9 Å². The van der Waals surface area contributed by atoms with Gasteiger partial charge >= 0.3 is 0 Å². The molecule has 1 aliphatic carbocycles. The van der Waals surface area contributed by atoms with Crippen LogP contribution >= 0.6 is 0 Å². The number of anilines is 1. The van der Waals surface area contributed by atoms with Gasteiger partial charge in [0.25, 0.3) is 0 Å². The molecule has 17 heavy (non-hydrogen) atoms. The van der Waals surface area contributed by atoms with E-state index >= 15 is 0 Å². The van der Waals surface area contributed by atoms with Gasteiger partial charge in [-0.1, -0.05) is 25.5 Å². The second-order valence-corrected chi connectivity index (χ2v) is 5.44. The Bertz CT molecular complexity index is 400. The van der Waals surface area contributed by atoms with Gasteiger partial charge in [0.1, 0.15) is 0 Å². The topological polar surface area (TPSA) is 24.1 Å². The van der Waals surface area contributed by atoms with Gasteiger partial charge in [-0.25, -0.2) is 0 Å². The van der Waals surface area contributed by atoms with Gasteiger partial charge in [0, 0.05) is 24.8 Å². The van der Waals surface area contributed by atoms with E-state index in [0.29, 0.717) is 0 Å². The zero-order valence-electron chi connectivity index (χ0n) is 10.6. The molecule has 0 spiro atoms. The lowest BCUT2D eigenvalue weighted by Gasteiger charge is -2.07. The van der Waals surface area contributed by atoms with Crippen LogP contribution in [0.4, 0.5) is 5.69 Å². The molecular formula is C15H22N2. The van der Waals surface area contributed by atoms with E-state index in [1.165, 1.54) is 42.5 Å². The molecule has 0 saturated heterocycles. The summed E-state index contributed by atoms with van der Waals surface area (Å²) in [5, 5.41) is 7.12. The van der Waals surface area contributed by atoms with E-state index in [-0.39, 0.29) is 0 Å². The van der Waals surface area contributed by atoms with Crippen molar-refractivity contribution in [1.82, 2.24) is 5.32 Å². The number of hydrogen-bond acceptors (Lipinski definition) is 2. The maximum absolute atomic E-state index is 3.67. The summed E-state index contributed by atoms with van der Waals surface area (Å²) in [5.41, 5.74) is 4.24. The average molecular weight is 230 g/mol. The van der Waals surface area contributed by atoms with Gasteiger partial charge in [0.2, 0.25) is 0 Å². The third-order valence-corrected chi connectivity index (χ3v) is 4.03. The lowest BCUT2D eigenvalue weighted by atomic mass is 10.1. The fourth-order valence-electron chi connectivity index (χ4n) is 2.88. The van der Waals surface area contributed by atoms with E-state index in [2.05, 4.69) is 35.8 Å². The van der Waals surface area contributed by atoms with Crippen LogP contribution in [-0.2, 0) is 13.0 Å². The van der Waals surface area contributed by atoms with Crippen LogP contribution in [0.1, 0.15) is 37.3 Å². The average Bonchev–Trinajstić information content (AvgIpc) is 2.91. The molecule has 1 saturated carbocycles. The Morgan fingerprint density at radius 2 is 2.35 bits per heavy atom. The van der Waals surface area contributed by atoms with E-state index in [1.807, 2.05) is 0 Å². The summed E-state index contributed by atoms with van der Waals surface area (Å²) in [4.78, 5) is 0. The van der Waals surface area contributed by atoms with Crippen LogP contribution in [0, 0.1) is 5.92 Å². The molecule has 2 aliphatic rings. The Kier molecular flexibility index (Phi) is 3.06. The summed E-state index contributed by atoms with van der Waals surface area (Å²) >= 11 is 0. The van der Waals surface area contributed by atoms with Gasteiger partial charge in [-0.05, 0) is 42.4 Å². The van der Waals surface area contributed by atoms with Crippen LogP contribution in [0.3, 0.4) is 0 Å². The van der Waals surface area contributed by atoms with E-state index in [0.717, 1.165) is 25.0 Å². The predicted octanol–water partition coefficient (Wildman–Crippen LogP) is 2.93. The molecule has 1 heterocycles. The lowest BCUT2D eigenvalue weighted by molar-refractivity contribution is 0.599. The molecule has 2 nitrogen and oxygen atoms in total. The first-order chi connectivity index (χ1) is 8.36. The summed E-state index contributed by atoms with van der Waals surface area (Å²) in [5.74, 6) is 0.951. The number of fused-ring (bicyclic) bond motifs is 1. The van der Waals surface area contributed by atoms with Crippen molar-refractivity contribution in [2.45, 2.75) is 45.2 Å². The van der Waals surface area contributed by atoms with Crippen molar-refractivity contribution >= 4 is 5.69 Å². The normalized spacial score (nSPS) is 25.5. The van der Waals surface area contributed by atoms with Gasteiger partial charge in [-0.3, -0.25) is 0 Å². The number of nitrogens with one attached hydrogen (secondary N) is 2. The number of benzene rings is 1. The Balaban J connectivity index is 1.52. The first-order valence-electron chi connectivity index (χ1n) is 6.96. The SMILES string of the molecule is CCCC1CC1NCc1ccc2c(c1)NCC2. The van der Waals surface area contributed by atoms with Crippen LogP contribution < -0.4 is 10.6 Å². The van der Waals surface area contributed by atoms with Crippen molar-refractivity contribution < 1.29 is 0 Å². The van der Waals surface area contributed by atoms with Gasteiger partial charge < -0.3 is 10.6 Å². The summed E-state index contributed by atoms with van der Waals surface area (Å²) in [6, 6.07) is 7.65. The minimum absolute atomic E-state index is 0.788. The highest BCUT2D eigenvalue weighted by molar-refractivity contribution is 5.57. The third kappa shape index (κ3) is 2.47. The molecule has 0 amide bonds. The van der Waals surface area contributed by atoms with Crippen molar-refractivity contribution in [2.24, 2.45) is 5.92 Å². The molecule has 0 aromatic heterocycles. The number of hydrogen-bond donors (Lipinski definition) is 2. The first-order valence-corrected chi connectivity index (χ1v) is 6.96. The van der Waals surface area contributed by atoms with Crippen LogP contribution in [0.25, 0.3) is 0 Å². The summed E-state index contributed by atoms with van der Waals surface area (Å²) in [6.45, 7) is 4.41. The van der Waals surface area contributed by atoms with Crippen molar-refractivity contribution in [3.05, 3.63) is 29.3 Å². The molecular weight excluding hydrogens is 208 g/mol. The Hall–Kier alpha value is -1.02. The Morgan fingerprint density at radius 3 is 3.24 bits per heavy atom. The zero-order chi connectivity index (χ0) is 11.7. The maximum atomic E-state index is 3.67. The largest absolute Gasteiger partial charge is 0.384 e. The number of rotatable bonds is 5. The fraction of sp³-hybridized carbons (Fsp3) is 0.600. The van der Waals surface area contributed by atoms with Crippen LogP contribution in [-0.4, -0.2) is 12.6 Å². The van der Waals surface area contributed by atoms with Gasteiger partial charge in [0.15, 0.2) is 0 Å². The van der Waals surface area contributed by atoms with E-state index in [1.54, 1.807) is 0 Å². The fourth-order valence-corrected chi connectivity index (χ4v) is 2.88.